The van der Waals surface area contributed by atoms with E-state index in [4.69, 9.17) is 4.74 Å². The van der Waals surface area contributed by atoms with Crippen LogP contribution in [0.3, 0.4) is 0 Å². The van der Waals surface area contributed by atoms with Gasteiger partial charge in [0.2, 0.25) is 5.91 Å². The van der Waals surface area contributed by atoms with Crippen LogP contribution in [-0.2, 0) is 11.3 Å². The molecule has 0 saturated carbocycles. The monoisotopic (exact) mass is 347 g/mol. The summed E-state index contributed by atoms with van der Waals surface area (Å²) in [5.41, 5.74) is 0.759. The quantitative estimate of drug-likeness (QED) is 0.688. The molecule has 0 bridgehead atoms. The second kappa shape index (κ2) is 9.12. The molecule has 0 unspecified atom stereocenters. The summed E-state index contributed by atoms with van der Waals surface area (Å²) < 4.78 is 7.47. The number of carbonyl (C=O) groups is 1. The SMILES string of the molecule is CC(=O)N(C)C[C@H](O)c1ccc(OCCCCn2nnnc2C)cc1. The molecule has 1 aromatic carbocycles. The van der Waals surface area contributed by atoms with E-state index in [0.29, 0.717) is 6.61 Å². The number of hydrogen-bond donors (Lipinski definition) is 1. The van der Waals surface area contributed by atoms with Crippen molar-refractivity contribution in [2.75, 3.05) is 20.2 Å². The van der Waals surface area contributed by atoms with Gasteiger partial charge in [0.15, 0.2) is 0 Å². The molecule has 8 heteroatoms. The number of aromatic nitrogens is 4. The second-order valence-electron chi connectivity index (χ2n) is 5.99. The largest absolute Gasteiger partial charge is 0.494 e. The fourth-order valence-electron chi connectivity index (χ4n) is 2.29. The molecule has 8 nitrogen and oxygen atoms in total. The highest BCUT2D eigenvalue weighted by Gasteiger charge is 2.12. The van der Waals surface area contributed by atoms with Gasteiger partial charge in [-0.2, -0.15) is 0 Å². The standard InChI is InChI=1S/C17H25N5O3/c1-13-18-19-20-22(13)10-4-5-11-25-16-8-6-15(7-9-16)17(24)12-21(3)14(2)23/h6-9,17,24H,4-5,10-12H2,1-3H3/t17-/m0/s1. The highest BCUT2D eigenvalue weighted by atomic mass is 16.5. The number of aliphatic hydroxyl groups is 1. The molecule has 1 atom stereocenters. The summed E-state index contributed by atoms with van der Waals surface area (Å²) in [6, 6.07) is 7.30. The van der Waals surface area contributed by atoms with Gasteiger partial charge >= 0.3 is 0 Å². The number of amides is 1. The zero-order valence-corrected chi connectivity index (χ0v) is 14.9. The van der Waals surface area contributed by atoms with Gasteiger partial charge in [-0.25, -0.2) is 4.68 Å². The average molecular weight is 347 g/mol. The number of rotatable bonds is 9. The lowest BCUT2D eigenvalue weighted by Crippen LogP contribution is -2.28. The molecule has 0 spiro atoms. The molecule has 1 aromatic heterocycles. The maximum absolute atomic E-state index is 11.2. The molecule has 1 amide bonds. The lowest BCUT2D eigenvalue weighted by Gasteiger charge is -2.19. The summed E-state index contributed by atoms with van der Waals surface area (Å²) in [7, 11) is 1.67. The molecule has 2 aromatic rings. The van der Waals surface area contributed by atoms with E-state index in [1.165, 1.54) is 11.8 Å². The minimum Gasteiger partial charge on any atom is -0.494 e. The maximum atomic E-state index is 11.2. The summed E-state index contributed by atoms with van der Waals surface area (Å²) in [4.78, 5) is 12.7. The molecule has 1 heterocycles. The molecule has 2 rings (SSSR count). The number of ether oxygens (including phenoxy) is 1. The van der Waals surface area contributed by atoms with Crippen molar-refractivity contribution in [2.24, 2.45) is 0 Å². The normalized spacial score (nSPS) is 12.0. The molecule has 0 aliphatic carbocycles. The van der Waals surface area contributed by atoms with Crippen molar-refractivity contribution < 1.29 is 14.6 Å². The molecular formula is C17H25N5O3. The van der Waals surface area contributed by atoms with Crippen molar-refractivity contribution in [2.45, 2.75) is 39.3 Å². The Morgan fingerprint density at radius 1 is 1.32 bits per heavy atom. The first-order valence-corrected chi connectivity index (χ1v) is 8.32. The van der Waals surface area contributed by atoms with Crippen molar-refractivity contribution in [3.8, 4) is 5.75 Å². The van der Waals surface area contributed by atoms with E-state index in [2.05, 4.69) is 15.5 Å². The topological polar surface area (TPSA) is 93.4 Å². The van der Waals surface area contributed by atoms with E-state index in [1.807, 2.05) is 31.2 Å². The van der Waals surface area contributed by atoms with Crippen LogP contribution in [0.2, 0.25) is 0 Å². The van der Waals surface area contributed by atoms with Gasteiger partial charge in [-0.1, -0.05) is 12.1 Å². The van der Waals surface area contributed by atoms with Gasteiger partial charge < -0.3 is 14.7 Å². The molecule has 0 radical (unpaired) electrons. The highest BCUT2D eigenvalue weighted by molar-refractivity contribution is 5.72. The Balaban J connectivity index is 1.71. The minimum absolute atomic E-state index is 0.0733. The van der Waals surface area contributed by atoms with Crippen LogP contribution in [0.1, 0.15) is 37.3 Å². The molecule has 0 aliphatic heterocycles. The van der Waals surface area contributed by atoms with Gasteiger partial charge in [0.25, 0.3) is 0 Å². The maximum Gasteiger partial charge on any atom is 0.219 e. The van der Waals surface area contributed by atoms with Crippen LogP contribution >= 0.6 is 0 Å². The van der Waals surface area contributed by atoms with Gasteiger partial charge in [-0.15, -0.1) is 5.10 Å². The lowest BCUT2D eigenvalue weighted by molar-refractivity contribution is -0.128. The highest BCUT2D eigenvalue weighted by Crippen LogP contribution is 2.19. The van der Waals surface area contributed by atoms with Crippen molar-refractivity contribution in [1.29, 1.82) is 0 Å². The van der Waals surface area contributed by atoms with E-state index >= 15 is 0 Å². The predicted molar refractivity (Wildman–Crippen MR) is 92.0 cm³/mol. The molecular weight excluding hydrogens is 322 g/mol. The van der Waals surface area contributed by atoms with E-state index in [9.17, 15) is 9.90 Å². The summed E-state index contributed by atoms with van der Waals surface area (Å²) in [5, 5.41) is 21.5. The minimum atomic E-state index is -0.706. The number of nitrogens with zero attached hydrogens (tertiary/aromatic N) is 5. The number of carbonyl (C=O) groups excluding carboxylic acids is 1. The third-order valence-corrected chi connectivity index (χ3v) is 3.99. The van der Waals surface area contributed by atoms with Crippen molar-refractivity contribution in [3.05, 3.63) is 35.7 Å². The average Bonchev–Trinajstić information content (AvgIpc) is 3.00. The third-order valence-electron chi connectivity index (χ3n) is 3.99. The number of aliphatic hydroxyl groups excluding tert-OH is 1. The second-order valence-corrected chi connectivity index (χ2v) is 5.99. The number of unbranched alkanes of at least 4 members (excludes halogenated alkanes) is 1. The van der Waals surface area contributed by atoms with E-state index < -0.39 is 6.10 Å². The van der Waals surface area contributed by atoms with Crippen LogP contribution in [0.5, 0.6) is 5.75 Å². The van der Waals surface area contributed by atoms with Gasteiger partial charge in [0.05, 0.1) is 19.3 Å². The Bertz CT molecular complexity index is 671. The summed E-state index contributed by atoms with van der Waals surface area (Å²) in [6.45, 7) is 5.00. The van der Waals surface area contributed by atoms with E-state index in [0.717, 1.165) is 36.5 Å². The molecule has 25 heavy (non-hydrogen) atoms. The smallest absolute Gasteiger partial charge is 0.219 e. The van der Waals surface area contributed by atoms with Crippen LogP contribution in [0.25, 0.3) is 0 Å². The number of aryl methyl sites for hydroxylation is 2. The van der Waals surface area contributed by atoms with E-state index in [-0.39, 0.29) is 12.5 Å². The molecule has 1 N–H and O–H groups in total. The molecule has 0 saturated heterocycles. The van der Waals surface area contributed by atoms with Crippen LogP contribution in [0, 0.1) is 6.92 Å². The first-order valence-electron chi connectivity index (χ1n) is 8.32. The Kier molecular flexibility index (Phi) is 6.88. The van der Waals surface area contributed by atoms with Gasteiger partial charge in [-0.3, -0.25) is 4.79 Å². The van der Waals surface area contributed by atoms with Crippen molar-refractivity contribution in [3.63, 3.8) is 0 Å². The van der Waals surface area contributed by atoms with Crippen LogP contribution in [-0.4, -0.2) is 56.3 Å². The number of likely N-dealkylation sites (N-methyl/N-ethyl adjacent to an activating group) is 1. The Labute approximate surface area is 147 Å². The number of hydrogen-bond acceptors (Lipinski definition) is 6. The first-order chi connectivity index (χ1) is 12.0. The predicted octanol–water partition coefficient (Wildman–Crippen LogP) is 1.35. The first kappa shape index (κ1) is 18.9. The van der Waals surface area contributed by atoms with Crippen LogP contribution in [0.4, 0.5) is 0 Å². The zero-order chi connectivity index (χ0) is 18.2. The Morgan fingerprint density at radius 2 is 2.04 bits per heavy atom. The molecule has 136 valence electrons. The van der Waals surface area contributed by atoms with Crippen molar-refractivity contribution in [1.82, 2.24) is 25.1 Å². The van der Waals surface area contributed by atoms with Gasteiger partial charge in [-0.05, 0) is 47.9 Å². The summed E-state index contributed by atoms with van der Waals surface area (Å²) >= 11 is 0. The number of tetrazole rings is 1. The van der Waals surface area contributed by atoms with Crippen LogP contribution in [0.15, 0.2) is 24.3 Å². The summed E-state index contributed by atoms with van der Waals surface area (Å²) in [6.07, 6.45) is 1.12. The fourth-order valence-corrected chi connectivity index (χ4v) is 2.29. The van der Waals surface area contributed by atoms with Gasteiger partial charge in [0.1, 0.15) is 11.6 Å². The third kappa shape index (κ3) is 5.82. The van der Waals surface area contributed by atoms with E-state index in [1.54, 1.807) is 11.7 Å². The Morgan fingerprint density at radius 3 is 2.64 bits per heavy atom. The molecule has 0 aliphatic rings. The molecule has 0 fully saturated rings. The summed E-state index contributed by atoms with van der Waals surface area (Å²) in [5.74, 6) is 1.50. The van der Waals surface area contributed by atoms with Gasteiger partial charge in [0, 0.05) is 20.5 Å². The zero-order valence-electron chi connectivity index (χ0n) is 14.9. The lowest BCUT2D eigenvalue weighted by atomic mass is 10.1. The number of benzene rings is 1. The van der Waals surface area contributed by atoms with Crippen molar-refractivity contribution >= 4 is 5.91 Å². The fraction of sp³-hybridized carbons (Fsp3) is 0.529. The Hall–Kier alpha value is -2.48. The van der Waals surface area contributed by atoms with Crippen LogP contribution < -0.4 is 4.74 Å².